The molecule has 160 valence electrons. The number of carbonyl (C=O) groups excluding carboxylic acids is 1. The van der Waals surface area contributed by atoms with Gasteiger partial charge in [-0.25, -0.2) is 13.1 Å². The zero-order chi connectivity index (χ0) is 22.3. The zero-order valence-electron chi connectivity index (χ0n) is 15.5. The molecule has 0 saturated heterocycles. The van der Waals surface area contributed by atoms with Crippen molar-refractivity contribution in [3.63, 3.8) is 0 Å². The Morgan fingerprint density at radius 1 is 1.23 bits per heavy atom. The number of rotatable bonds is 5. The molecule has 3 rings (SSSR count). The van der Waals surface area contributed by atoms with Crippen LogP contribution in [0, 0.1) is 0 Å². The molecule has 0 atom stereocenters. The minimum absolute atomic E-state index is 0.00598. The van der Waals surface area contributed by atoms with Gasteiger partial charge in [-0.05, 0) is 40.2 Å². The van der Waals surface area contributed by atoms with Crippen LogP contribution in [-0.2, 0) is 32.1 Å². The number of carbonyl (C=O) groups is 1. The third-order valence-electron chi connectivity index (χ3n) is 4.06. The van der Waals surface area contributed by atoms with Crippen LogP contribution < -0.4 is 0 Å². The lowest BCUT2D eigenvalue weighted by Crippen LogP contribution is -2.15. The van der Waals surface area contributed by atoms with Gasteiger partial charge in [-0.15, -0.1) is 0 Å². The molecule has 0 aliphatic heterocycles. The van der Waals surface area contributed by atoms with Crippen molar-refractivity contribution < 1.29 is 35.5 Å². The fraction of sp³-hybridized carbons (Fsp3) is 0.222. The highest BCUT2D eigenvalue weighted by Crippen LogP contribution is 2.41. The summed E-state index contributed by atoms with van der Waals surface area (Å²) in [4.78, 5) is 11.7. The highest BCUT2D eigenvalue weighted by molar-refractivity contribution is 9.10. The van der Waals surface area contributed by atoms with Crippen LogP contribution in [0.1, 0.15) is 5.69 Å². The van der Waals surface area contributed by atoms with E-state index in [4.69, 9.17) is 4.42 Å². The molecule has 0 aliphatic carbocycles. The number of furan rings is 1. The van der Waals surface area contributed by atoms with Crippen LogP contribution in [0.25, 0.3) is 22.8 Å². The Morgan fingerprint density at radius 2 is 1.90 bits per heavy atom. The molecular formula is C18H14BrF3N2O5S. The summed E-state index contributed by atoms with van der Waals surface area (Å²) in [7, 11) is -2.36. The normalized spacial score (nSPS) is 12.2. The fourth-order valence-electron chi connectivity index (χ4n) is 2.66. The number of ether oxygens (including phenoxy) is 1. The topological polar surface area (TPSA) is 91.4 Å². The van der Waals surface area contributed by atoms with E-state index in [1.807, 2.05) is 0 Å². The molecule has 0 unspecified atom stereocenters. The van der Waals surface area contributed by atoms with Crippen molar-refractivity contribution in [1.82, 2.24) is 9.78 Å². The van der Waals surface area contributed by atoms with Crippen molar-refractivity contribution in [3.8, 4) is 22.8 Å². The first-order valence-corrected chi connectivity index (χ1v) is 10.9. The molecule has 0 radical (unpaired) electrons. The minimum atomic E-state index is -4.77. The second-order valence-corrected chi connectivity index (χ2v) is 9.02. The summed E-state index contributed by atoms with van der Waals surface area (Å²) in [6, 6.07) is 8.80. The molecule has 0 fully saturated rings. The van der Waals surface area contributed by atoms with E-state index in [1.165, 1.54) is 30.3 Å². The monoisotopic (exact) mass is 506 g/mol. The van der Waals surface area contributed by atoms with Gasteiger partial charge < -0.3 is 9.15 Å². The average molecular weight is 507 g/mol. The molecule has 0 N–H and O–H groups in total. The summed E-state index contributed by atoms with van der Waals surface area (Å²) in [6.07, 6.45) is -3.71. The first kappa shape index (κ1) is 22.1. The van der Waals surface area contributed by atoms with Crippen LogP contribution in [0.4, 0.5) is 13.2 Å². The molecule has 0 amide bonds. The largest absolute Gasteiger partial charge is 0.468 e. The van der Waals surface area contributed by atoms with Crippen LogP contribution in [-0.4, -0.2) is 37.5 Å². The molecule has 1 aromatic carbocycles. The average Bonchev–Trinajstić information content (AvgIpc) is 3.25. The fourth-order valence-corrected chi connectivity index (χ4v) is 4.03. The maximum absolute atomic E-state index is 13.3. The van der Waals surface area contributed by atoms with E-state index in [9.17, 15) is 26.4 Å². The molecule has 0 saturated carbocycles. The Labute approximate surface area is 177 Å². The number of sulfone groups is 1. The predicted molar refractivity (Wildman–Crippen MR) is 103 cm³/mol. The van der Waals surface area contributed by atoms with Gasteiger partial charge in [0.05, 0.1) is 16.5 Å². The standard InChI is InChI=1S/C18H14BrF3N2O5S/c1-28-14(25)9-24-16(15(19)17(23-24)18(20,21)22)13-7-6-12(29-13)10-4-3-5-11(8-10)30(2,26)27/h3-8H,9H2,1-2H3. The summed E-state index contributed by atoms with van der Waals surface area (Å²) >= 11 is 2.89. The van der Waals surface area contributed by atoms with E-state index in [1.54, 1.807) is 6.07 Å². The smallest absolute Gasteiger partial charge is 0.436 e. The summed E-state index contributed by atoms with van der Waals surface area (Å²) in [5.74, 6) is -0.581. The SMILES string of the molecule is COC(=O)Cn1nc(C(F)(F)F)c(Br)c1-c1ccc(-c2cccc(S(C)(=O)=O)c2)o1. The van der Waals surface area contributed by atoms with Gasteiger partial charge in [0.1, 0.15) is 18.0 Å². The van der Waals surface area contributed by atoms with Crippen LogP contribution in [0.3, 0.4) is 0 Å². The van der Waals surface area contributed by atoms with Gasteiger partial charge >= 0.3 is 12.1 Å². The van der Waals surface area contributed by atoms with E-state index in [2.05, 4.69) is 25.8 Å². The Bertz CT molecular complexity index is 1210. The van der Waals surface area contributed by atoms with E-state index in [0.29, 0.717) is 5.56 Å². The Kier molecular flexibility index (Phi) is 5.83. The molecule has 3 aromatic rings. The van der Waals surface area contributed by atoms with Gasteiger partial charge in [0.2, 0.25) is 0 Å². The lowest BCUT2D eigenvalue weighted by atomic mass is 10.2. The number of halogens is 4. The van der Waals surface area contributed by atoms with Gasteiger partial charge in [0.25, 0.3) is 0 Å². The zero-order valence-corrected chi connectivity index (χ0v) is 17.9. The van der Waals surface area contributed by atoms with Crippen molar-refractivity contribution in [1.29, 1.82) is 0 Å². The molecule has 2 aromatic heterocycles. The minimum Gasteiger partial charge on any atom is -0.468 e. The first-order chi connectivity index (χ1) is 13.9. The molecule has 0 spiro atoms. The van der Waals surface area contributed by atoms with Gasteiger partial charge in [0, 0.05) is 11.8 Å². The molecule has 7 nitrogen and oxygen atoms in total. The lowest BCUT2D eigenvalue weighted by molar-refractivity contribution is -0.144. The quantitative estimate of drug-likeness (QED) is 0.482. The second-order valence-electron chi connectivity index (χ2n) is 6.21. The molecule has 12 heteroatoms. The molecule has 0 bridgehead atoms. The van der Waals surface area contributed by atoms with Gasteiger partial charge in [-0.2, -0.15) is 18.3 Å². The van der Waals surface area contributed by atoms with Crippen LogP contribution in [0.5, 0.6) is 0 Å². The Balaban J connectivity index is 2.11. The number of esters is 1. The molecule has 2 heterocycles. The van der Waals surface area contributed by atoms with Crippen molar-refractivity contribution in [2.45, 2.75) is 17.6 Å². The number of aromatic nitrogens is 2. The van der Waals surface area contributed by atoms with Crippen molar-refractivity contribution >= 4 is 31.7 Å². The van der Waals surface area contributed by atoms with Crippen LogP contribution in [0.15, 0.2) is 50.2 Å². The summed E-state index contributed by atoms with van der Waals surface area (Å²) < 4.78 is 74.0. The molecule has 0 aliphatic rings. The van der Waals surface area contributed by atoms with Crippen molar-refractivity contribution in [3.05, 3.63) is 46.6 Å². The maximum Gasteiger partial charge on any atom is 0.436 e. The van der Waals surface area contributed by atoms with Gasteiger partial charge in [-0.3, -0.25) is 4.79 Å². The highest BCUT2D eigenvalue weighted by Gasteiger charge is 2.39. The number of hydrogen-bond donors (Lipinski definition) is 0. The second kappa shape index (κ2) is 7.91. The van der Waals surface area contributed by atoms with E-state index in [0.717, 1.165) is 18.0 Å². The number of methoxy groups -OCH3 is 1. The van der Waals surface area contributed by atoms with Crippen LogP contribution in [0.2, 0.25) is 0 Å². The third-order valence-corrected chi connectivity index (χ3v) is 5.92. The van der Waals surface area contributed by atoms with Crippen LogP contribution >= 0.6 is 15.9 Å². The third kappa shape index (κ3) is 4.43. The Hall–Kier alpha value is -2.60. The lowest BCUT2D eigenvalue weighted by Gasteiger charge is -2.05. The first-order valence-electron chi connectivity index (χ1n) is 8.23. The van der Waals surface area contributed by atoms with Crippen molar-refractivity contribution in [2.75, 3.05) is 13.4 Å². The molecule has 30 heavy (non-hydrogen) atoms. The van der Waals surface area contributed by atoms with E-state index >= 15 is 0 Å². The summed E-state index contributed by atoms with van der Waals surface area (Å²) in [6.45, 7) is -0.569. The van der Waals surface area contributed by atoms with Gasteiger partial charge in [0.15, 0.2) is 21.3 Å². The molecular weight excluding hydrogens is 493 g/mol. The maximum atomic E-state index is 13.3. The van der Waals surface area contributed by atoms with Crippen molar-refractivity contribution in [2.24, 2.45) is 0 Å². The Morgan fingerprint density at radius 3 is 2.50 bits per heavy atom. The number of benzene rings is 1. The summed E-state index contributed by atoms with van der Waals surface area (Å²) in [5, 5.41) is 3.48. The predicted octanol–water partition coefficient (Wildman–Crippen LogP) is 4.17. The summed E-state index contributed by atoms with van der Waals surface area (Å²) in [5.41, 5.74) is -0.924. The number of nitrogens with zero attached hydrogens (tertiary/aromatic N) is 2. The van der Waals surface area contributed by atoms with Gasteiger partial charge in [-0.1, -0.05) is 12.1 Å². The highest BCUT2D eigenvalue weighted by atomic mass is 79.9. The van der Waals surface area contributed by atoms with E-state index < -0.39 is 38.7 Å². The number of alkyl halides is 3. The number of hydrogen-bond acceptors (Lipinski definition) is 6. The van der Waals surface area contributed by atoms with E-state index in [-0.39, 0.29) is 22.1 Å².